The molecular weight excluding hydrogens is 266 g/mol. The molecule has 0 atom stereocenters. The van der Waals surface area contributed by atoms with Crippen LogP contribution in [0.3, 0.4) is 0 Å². The van der Waals surface area contributed by atoms with Crippen LogP contribution < -0.4 is 4.74 Å². The predicted octanol–water partition coefficient (Wildman–Crippen LogP) is 1.65. The highest BCUT2D eigenvalue weighted by molar-refractivity contribution is 5.48. The summed E-state index contributed by atoms with van der Waals surface area (Å²) in [5, 5.41) is 8.84. The van der Waals surface area contributed by atoms with Crippen LogP contribution in [-0.4, -0.2) is 50.0 Å². The van der Waals surface area contributed by atoms with Crippen LogP contribution in [0.5, 0.6) is 5.75 Å². The van der Waals surface area contributed by atoms with Gasteiger partial charge >= 0.3 is 0 Å². The fraction of sp³-hybridized carbons (Fsp3) is 0.529. The molecule has 1 fully saturated rings. The number of aliphatic hydroxyl groups excluding tert-OH is 1. The van der Waals surface area contributed by atoms with Crippen molar-refractivity contribution in [2.24, 2.45) is 0 Å². The first-order valence-corrected chi connectivity index (χ1v) is 7.29. The minimum absolute atomic E-state index is 0.143. The molecule has 0 saturated carbocycles. The Kier molecular flexibility index (Phi) is 6.06. The number of benzene rings is 1. The predicted molar refractivity (Wildman–Crippen MR) is 82.3 cm³/mol. The van der Waals surface area contributed by atoms with Crippen LogP contribution in [0.1, 0.15) is 24.0 Å². The number of methoxy groups -OCH3 is 1. The zero-order chi connectivity index (χ0) is 15.1. The molecule has 0 aromatic heterocycles. The molecule has 4 heteroatoms. The van der Waals surface area contributed by atoms with Gasteiger partial charge in [-0.25, -0.2) is 0 Å². The molecule has 0 radical (unpaired) electrons. The van der Waals surface area contributed by atoms with Gasteiger partial charge in [-0.1, -0.05) is 17.9 Å². The summed E-state index contributed by atoms with van der Waals surface area (Å²) in [6.07, 6.45) is 2.17. The second-order valence-electron chi connectivity index (χ2n) is 5.25. The third-order valence-corrected chi connectivity index (χ3v) is 3.81. The van der Waals surface area contributed by atoms with Crippen LogP contribution in [0, 0.1) is 11.8 Å². The van der Waals surface area contributed by atoms with Gasteiger partial charge in [0.2, 0.25) is 0 Å². The Morgan fingerprint density at radius 3 is 2.81 bits per heavy atom. The highest BCUT2D eigenvalue weighted by Gasteiger charge is 2.18. The smallest absolute Gasteiger partial charge is 0.134 e. The van der Waals surface area contributed by atoms with Gasteiger partial charge in [-0.05, 0) is 37.6 Å². The Balaban J connectivity index is 2.08. The summed E-state index contributed by atoms with van der Waals surface area (Å²) in [6.45, 7) is 2.44. The lowest BCUT2D eigenvalue weighted by atomic mass is 10.1. The van der Waals surface area contributed by atoms with Crippen molar-refractivity contribution >= 4 is 0 Å². The van der Waals surface area contributed by atoms with Gasteiger partial charge < -0.3 is 14.6 Å². The average Bonchev–Trinajstić information content (AvgIpc) is 2.54. The van der Waals surface area contributed by atoms with Crippen LogP contribution in [0.2, 0.25) is 0 Å². The molecule has 114 valence electrons. The number of nitrogens with zero attached hydrogens (tertiary/aromatic N) is 1. The van der Waals surface area contributed by atoms with Crippen molar-refractivity contribution in [2.75, 3.05) is 34.0 Å². The van der Waals surface area contributed by atoms with Gasteiger partial charge in [0.1, 0.15) is 12.4 Å². The van der Waals surface area contributed by atoms with Crippen LogP contribution >= 0.6 is 0 Å². The van der Waals surface area contributed by atoms with E-state index in [0.29, 0.717) is 6.04 Å². The van der Waals surface area contributed by atoms with Gasteiger partial charge in [0.15, 0.2) is 0 Å². The highest BCUT2D eigenvalue weighted by atomic mass is 16.5. The van der Waals surface area contributed by atoms with E-state index in [1.807, 2.05) is 12.1 Å². The molecule has 0 spiro atoms. The molecule has 1 N–H and O–H groups in total. The van der Waals surface area contributed by atoms with E-state index in [9.17, 15) is 0 Å². The summed E-state index contributed by atoms with van der Waals surface area (Å²) in [5.74, 6) is 6.37. The van der Waals surface area contributed by atoms with Crippen LogP contribution in [0.15, 0.2) is 18.2 Å². The monoisotopic (exact) mass is 289 g/mol. The van der Waals surface area contributed by atoms with Gasteiger partial charge in [0.05, 0.1) is 12.7 Å². The molecule has 21 heavy (non-hydrogen) atoms. The molecule has 1 aromatic carbocycles. The number of hydrogen-bond acceptors (Lipinski definition) is 4. The van der Waals surface area contributed by atoms with Gasteiger partial charge in [-0.3, -0.25) is 4.90 Å². The van der Waals surface area contributed by atoms with Gasteiger partial charge in [-0.2, -0.15) is 0 Å². The Morgan fingerprint density at radius 1 is 1.38 bits per heavy atom. The van der Waals surface area contributed by atoms with E-state index in [1.54, 1.807) is 7.11 Å². The minimum Gasteiger partial charge on any atom is -0.495 e. The number of ether oxygens (including phenoxy) is 2. The molecule has 1 saturated heterocycles. The Labute approximate surface area is 126 Å². The summed E-state index contributed by atoms with van der Waals surface area (Å²) in [5.41, 5.74) is 2.02. The molecule has 1 aliphatic heterocycles. The first-order chi connectivity index (χ1) is 10.2. The first-order valence-electron chi connectivity index (χ1n) is 7.29. The van der Waals surface area contributed by atoms with Gasteiger partial charge in [0, 0.05) is 25.8 Å². The van der Waals surface area contributed by atoms with Crippen LogP contribution in [-0.2, 0) is 11.3 Å². The minimum atomic E-state index is -0.143. The van der Waals surface area contributed by atoms with Crippen LogP contribution in [0.4, 0.5) is 0 Å². The second-order valence-corrected chi connectivity index (χ2v) is 5.25. The van der Waals surface area contributed by atoms with E-state index in [1.165, 1.54) is 5.56 Å². The molecule has 4 nitrogen and oxygen atoms in total. The normalized spacial score (nSPS) is 15.6. The maximum atomic E-state index is 8.84. The fourth-order valence-corrected chi connectivity index (χ4v) is 2.63. The summed E-state index contributed by atoms with van der Waals surface area (Å²) in [7, 11) is 3.78. The SMILES string of the molecule is COc1ccc(CN(C)C2CCOCC2)cc1C#CCO. The van der Waals surface area contributed by atoms with E-state index < -0.39 is 0 Å². The van der Waals surface area contributed by atoms with Crippen molar-refractivity contribution in [3.8, 4) is 17.6 Å². The highest BCUT2D eigenvalue weighted by Crippen LogP contribution is 2.21. The number of aliphatic hydroxyl groups is 1. The molecule has 0 bridgehead atoms. The number of rotatable bonds is 4. The van der Waals surface area contributed by atoms with Crippen molar-refractivity contribution in [1.82, 2.24) is 4.90 Å². The summed E-state index contributed by atoms with van der Waals surface area (Å²) in [4.78, 5) is 2.37. The summed E-state index contributed by atoms with van der Waals surface area (Å²) in [6, 6.07) is 6.62. The maximum Gasteiger partial charge on any atom is 0.134 e. The van der Waals surface area contributed by atoms with E-state index in [2.05, 4.69) is 29.9 Å². The lowest BCUT2D eigenvalue weighted by molar-refractivity contribution is 0.0407. The van der Waals surface area contributed by atoms with Crippen molar-refractivity contribution in [3.05, 3.63) is 29.3 Å². The third kappa shape index (κ3) is 4.47. The molecule has 1 aliphatic rings. The zero-order valence-corrected chi connectivity index (χ0v) is 12.8. The van der Waals surface area contributed by atoms with E-state index in [0.717, 1.165) is 43.9 Å². The molecule has 0 aliphatic carbocycles. The van der Waals surface area contributed by atoms with Crippen molar-refractivity contribution in [3.63, 3.8) is 0 Å². The summed E-state index contributed by atoms with van der Waals surface area (Å²) < 4.78 is 10.7. The molecule has 0 amide bonds. The first kappa shape index (κ1) is 15.8. The van der Waals surface area contributed by atoms with E-state index in [-0.39, 0.29) is 6.61 Å². The second kappa shape index (κ2) is 8.04. The lowest BCUT2D eigenvalue weighted by Crippen LogP contribution is -2.36. The van der Waals surface area contributed by atoms with Gasteiger partial charge in [-0.15, -0.1) is 0 Å². The lowest BCUT2D eigenvalue weighted by Gasteiger charge is -2.31. The Hall–Kier alpha value is -1.54. The van der Waals surface area contributed by atoms with Crippen molar-refractivity contribution in [1.29, 1.82) is 0 Å². The van der Waals surface area contributed by atoms with Gasteiger partial charge in [0.25, 0.3) is 0 Å². The third-order valence-electron chi connectivity index (χ3n) is 3.81. The largest absolute Gasteiger partial charge is 0.495 e. The van der Waals surface area contributed by atoms with E-state index >= 15 is 0 Å². The Bertz CT molecular complexity index is 513. The topological polar surface area (TPSA) is 41.9 Å². The van der Waals surface area contributed by atoms with Crippen LogP contribution in [0.25, 0.3) is 0 Å². The fourth-order valence-electron chi connectivity index (χ4n) is 2.63. The van der Waals surface area contributed by atoms with E-state index in [4.69, 9.17) is 14.6 Å². The molecule has 0 unspecified atom stereocenters. The quantitative estimate of drug-likeness (QED) is 0.856. The maximum absolute atomic E-state index is 8.84. The van der Waals surface area contributed by atoms with Crippen molar-refractivity contribution in [2.45, 2.75) is 25.4 Å². The summed E-state index contributed by atoms with van der Waals surface area (Å²) >= 11 is 0. The number of hydrogen-bond donors (Lipinski definition) is 1. The average molecular weight is 289 g/mol. The van der Waals surface area contributed by atoms with Crippen molar-refractivity contribution < 1.29 is 14.6 Å². The molecule has 1 heterocycles. The zero-order valence-electron chi connectivity index (χ0n) is 12.8. The molecular formula is C17H23NO3. The molecule has 2 rings (SSSR count). The standard InChI is InChI=1S/C17H23NO3/c1-18(16-7-10-21-11-8-16)13-14-5-6-17(20-2)15(12-14)4-3-9-19/h5-6,12,16,19H,7-11,13H2,1-2H3. The molecule has 1 aromatic rings. The Morgan fingerprint density at radius 2 is 2.14 bits per heavy atom.